The van der Waals surface area contributed by atoms with Crippen molar-refractivity contribution in [1.82, 2.24) is 5.32 Å². The van der Waals surface area contributed by atoms with Gasteiger partial charge < -0.3 is 10.4 Å². The van der Waals surface area contributed by atoms with Gasteiger partial charge in [0, 0.05) is 6.26 Å². The minimum atomic E-state index is -2.97. The van der Waals surface area contributed by atoms with Gasteiger partial charge in [-0.25, -0.2) is 8.42 Å². The van der Waals surface area contributed by atoms with Gasteiger partial charge in [0.1, 0.15) is 9.84 Å². The molecule has 4 nitrogen and oxygen atoms in total. The standard InChI is InChI=1S/C13H27NO3S/c1-4-14-9-8-13(2,15)11-6-5-7-12(10-11)18(3,16)17/h11-12,14-15H,4-10H2,1-3H3. The Kier molecular flexibility index (Phi) is 5.62. The topological polar surface area (TPSA) is 66.4 Å². The molecular formula is C13H27NO3S. The van der Waals surface area contributed by atoms with Gasteiger partial charge >= 0.3 is 0 Å². The fourth-order valence-electron chi connectivity index (χ4n) is 2.82. The van der Waals surface area contributed by atoms with Crippen LogP contribution in [0.4, 0.5) is 0 Å². The molecule has 1 aliphatic carbocycles. The summed E-state index contributed by atoms with van der Waals surface area (Å²) < 4.78 is 23.3. The molecule has 1 rings (SSSR count). The Morgan fingerprint density at radius 2 is 2.06 bits per heavy atom. The number of sulfone groups is 1. The van der Waals surface area contributed by atoms with Crippen molar-refractivity contribution in [3.63, 3.8) is 0 Å². The molecule has 1 aliphatic rings. The van der Waals surface area contributed by atoms with Crippen LogP contribution in [0.1, 0.15) is 46.0 Å². The highest BCUT2D eigenvalue weighted by atomic mass is 32.2. The van der Waals surface area contributed by atoms with Crippen molar-refractivity contribution >= 4 is 9.84 Å². The third kappa shape index (κ3) is 4.52. The van der Waals surface area contributed by atoms with E-state index in [1.807, 2.05) is 13.8 Å². The highest BCUT2D eigenvalue weighted by Crippen LogP contribution is 2.36. The van der Waals surface area contributed by atoms with E-state index in [1.165, 1.54) is 6.26 Å². The monoisotopic (exact) mass is 277 g/mol. The summed E-state index contributed by atoms with van der Waals surface area (Å²) in [6.07, 6.45) is 5.19. The summed E-state index contributed by atoms with van der Waals surface area (Å²) in [7, 11) is -2.97. The lowest BCUT2D eigenvalue weighted by Crippen LogP contribution is -2.42. The van der Waals surface area contributed by atoms with Crippen LogP contribution >= 0.6 is 0 Å². The SMILES string of the molecule is CCNCCC(C)(O)C1CCCC(S(C)(=O)=O)C1. The van der Waals surface area contributed by atoms with E-state index in [9.17, 15) is 13.5 Å². The molecule has 3 atom stereocenters. The predicted octanol–water partition coefficient (Wildman–Crippen LogP) is 1.34. The Morgan fingerprint density at radius 1 is 1.39 bits per heavy atom. The number of rotatable bonds is 6. The molecule has 0 radical (unpaired) electrons. The van der Waals surface area contributed by atoms with E-state index < -0.39 is 15.4 Å². The highest BCUT2D eigenvalue weighted by Gasteiger charge is 2.38. The zero-order valence-corrected chi connectivity index (χ0v) is 12.6. The van der Waals surface area contributed by atoms with Crippen LogP contribution in [-0.4, -0.2) is 43.7 Å². The van der Waals surface area contributed by atoms with E-state index in [-0.39, 0.29) is 11.2 Å². The molecule has 0 aromatic rings. The van der Waals surface area contributed by atoms with Crippen molar-refractivity contribution in [3.05, 3.63) is 0 Å². The van der Waals surface area contributed by atoms with E-state index in [2.05, 4.69) is 5.32 Å². The van der Waals surface area contributed by atoms with Gasteiger partial charge in [0.25, 0.3) is 0 Å². The van der Waals surface area contributed by atoms with E-state index in [4.69, 9.17) is 0 Å². The normalized spacial score (nSPS) is 28.9. The van der Waals surface area contributed by atoms with Crippen LogP contribution in [0.2, 0.25) is 0 Å². The summed E-state index contributed by atoms with van der Waals surface area (Å²) in [6, 6.07) is 0. The van der Waals surface area contributed by atoms with Crippen LogP contribution in [0, 0.1) is 5.92 Å². The number of hydrogen-bond acceptors (Lipinski definition) is 4. The van der Waals surface area contributed by atoms with Crippen molar-refractivity contribution < 1.29 is 13.5 Å². The quantitative estimate of drug-likeness (QED) is 0.719. The summed E-state index contributed by atoms with van der Waals surface area (Å²) in [5.74, 6) is 0.102. The van der Waals surface area contributed by atoms with Crippen LogP contribution in [0.5, 0.6) is 0 Å². The molecule has 0 spiro atoms. The fourth-order valence-corrected chi connectivity index (χ4v) is 4.00. The van der Waals surface area contributed by atoms with Gasteiger partial charge in [0.15, 0.2) is 0 Å². The zero-order valence-electron chi connectivity index (χ0n) is 11.8. The molecule has 1 saturated carbocycles. The zero-order chi connectivity index (χ0) is 13.8. The van der Waals surface area contributed by atoms with Crippen LogP contribution in [-0.2, 0) is 9.84 Å². The van der Waals surface area contributed by atoms with Crippen molar-refractivity contribution in [2.24, 2.45) is 5.92 Å². The van der Waals surface area contributed by atoms with Crippen molar-refractivity contribution in [3.8, 4) is 0 Å². The summed E-state index contributed by atoms with van der Waals surface area (Å²) in [6.45, 7) is 5.56. The van der Waals surface area contributed by atoms with Crippen LogP contribution in [0.15, 0.2) is 0 Å². The second kappa shape index (κ2) is 6.35. The molecule has 108 valence electrons. The Labute approximate surface area is 111 Å². The largest absolute Gasteiger partial charge is 0.390 e. The van der Waals surface area contributed by atoms with E-state index >= 15 is 0 Å². The smallest absolute Gasteiger partial charge is 0.150 e. The lowest BCUT2D eigenvalue weighted by atomic mass is 9.76. The Balaban J connectivity index is 2.59. The Bertz CT molecular complexity index is 351. The maximum atomic E-state index is 11.6. The molecule has 2 N–H and O–H groups in total. The first-order valence-corrected chi connectivity index (χ1v) is 8.84. The van der Waals surface area contributed by atoms with Gasteiger partial charge in [-0.05, 0) is 51.6 Å². The molecule has 0 amide bonds. The molecule has 0 bridgehead atoms. The van der Waals surface area contributed by atoms with E-state index in [0.29, 0.717) is 12.8 Å². The number of nitrogens with one attached hydrogen (secondary N) is 1. The summed E-state index contributed by atoms with van der Waals surface area (Å²) in [4.78, 5) is 0. The maximum absolute atomic E-state index is 11.6. The first-order chi connectivity index (χ1) is 8.27. The predicted molar refractivity (Wildman–Crippen MR) is 74.4 cm³/mol. The molecule has 0 heterocycles. The summed E-state index contributed by atoms with van der Waals surface area (Å²) in [5.41, 5.74) is -0.758. The number of aliphatic hydroxyl groups is 1. The lowest BCUT2D eigenvalue weighted by molar-refractivity contribution is -0.0222. The maximum Gasteiger partial charge on any atom is 0.150 e. The number of hydrogen-bond donors (Lipinski definition) is 2. The molecule has 0 aromatic heterocycles. The average Bonchev–Trinajstić information content (AvgIpc) is 2.28. The molecule has 1 fully saturated rings. The third-order valence-electron chi connectivity index (χ3n) is 4.17. The van der Waals surface area contributed by atoms with Gasteiger partial charge in [-0.1, -0.05) is 13.3 Å². The van der Waals surface area contributed by atoms with E-state index in [0.717, 1.165) is 32.4 Å². The highest BCUT2D eigenvalue weighted by molar-refractivity contribution is 7.91. The molecule has 3 unspecified atom stereocenters. The molecule has 5 heteroatoms. The fraction of sp³-hybridized carbons (Fsp3) is 1.00. The first kappa shape index (κ1) is 15.9. The third-order valence-corrected chi connectivity index (χ3v) is 5.81. The Hall–Kier alpha value is -0.130. The molecule has 18 heavy (non-hydrogen) atoms. The molecule has 0 saturated heterocycles. The van der Waals surface area contributed by atoms with Crippen LogP contribution in [0.3, 0.4) is 0 Å². The van der Waals surface area contributed by atoms with E-state index in [1.54, 1.807) is 0 Å². The van der Waals surface area contributed by atoms with Gasteiger partial charge in [-0.15, -0.1) is 0 Å². The van der Waals surface area contributed by atoms with Crippen LogP contribution < -0.4 is 5.32 Å². The van der Waals surface area contributed by atoms with Crippen molar-refractivity contribution in [1.29, 1.82) is 0 Å². The molecular weight excluding hydrogens is 250 g/mol. The molecule has 0 aromatic carbocycles. The van der Waals surface area contributed by atoms with Crippen molar-refractivity contribution in [2.45, 2.75) is 56.8 Å². The van der Waals surface area contributed by atoms with Gasteiger partial charge in [0.05, 0.1) is 10.9 Å². The summed E-state index contributed by atoms with van der Waals surface area (Å²) in [5, 5.41) is 13.5. The molecule has 0 aliphatic heterocycles. The first-order valence-electron chi connectivity index (χ1n) is 6.89. The summed E-state index contributed by atoms with van der Waals surface area (Å²) >= 11 is 0. The van der Waals surface area contributed by atoms with Crippen molar-refractivity contribution in [2.75, 3.05) is 19.3 Å². The Morgan fingerprint density at radius 3 is 2.61 bits per heavy atom. The average molecular weight is 277 g/mol. The second-order valence-electron chi connectivity index (χ2n) is 5.78. The minimum absolute atomic E-state index is 0.102. The van der Waals surface area contributed by atoms with Gasteiger partial charge in [-0.3, -0.25) is 0 Å². The lowest BCUT2D eigenvalue weighted by Gasteiger charge is -2.38. The van der Waals surface area contributed by atoms with Gasteiger partial charge in [0.2, 0.25) is 0 Å². The second-order valence-corrected chi connectivity index (χ2v) is 8.10. The minimum Gasteiger partial charge on any atom is -0.390 e. The van der Waals surface area contributed by atoms with Crippen LogP contribution in [0.25, 0.3) is 0 Å². The van der Waals surface area contributed by atoms with Gasteiger partial charge in [-0.2, -0.15) is 0 Å².